The van der Waals surface area contributed by atoms with Crippen LogP contribution in [0.5, 0.6) is 11.5 Å². The molecule has 22 heavy (non-hydrogen) atoms. The van der Waals surface area contributed by atoms with E-state index in [4.69, 9.17) is 15.2 Å². The Morgan fingerprint density at radius 3 is 2.32 bits per heavy atom. The van der Waals surface area contributed by atoms with Crippen LogP contribution >= 0.6 is 0 Å². The Labute approximate surface area is 129 Å². The van der Waals surface area contributed by atoms with Crippen molar-refractivity contribution in [2.45, 2.75) is 11.4 Å². The number of hydrogen-bond donors (Lipinski definition) is 2. The number of sulfonamides is 1. The second kappa shape index (κ2) is 6.67. The van der Waals surface area contributed by atoms with Crippen LogP contribution in [-0.2, 0) is 16.6 Å². The van der Waals surface area contributed by atoms with Crippen LogP contribution in [0, 0.1) is 0 Å². The van der Waals surface area contributed by atoms with Gasteiger partial charge in [-0.25, -0.2) is 13.1 Å². The lowest BCUT2D eigenvalue weighted by Crippen LogP contribution is -2.23. The molecule has 6 nitrogen and oxygen atoms in total. The van der Waals surface area contributed by atoms with Crippen molar-refractivity contribution in [1.82, 2.24) is 4.72 Å². The summed E-state index contributed by atoms with van der Waals surface area (Å²) in [6.45, 7) is 0.0904. The molecule has 0 unspecified atom stereocenters. The Balaban J connectivity index is 2.21. The predicted molar refractivity (Wildman–Crippen MR) is 84.4 cm³/mol. The minimum atomic E-state index is -3.62. The van der Waals surface area contributed by atoms with Crippen LogP contribution in [0.4, 0.5) is 5.69 Å². The van der Waals surface area contributed by atoms with Gasteiger partial charge in [0, 0.05) is 17.8 Å². The first-order valence-corrected chi connectivity index (χ1v) is 8.01. The maximum Gasteiger partial charge on any atom is 0.240 e. The van der Waals surface area contributed by atoms with Crippen LogP contribution in [0.25, 0.3) is 0 Å². The average Bonchev–Trinajstić information content (AvgIpc) is 2.52. The van der Waals surface area contributed by atoms with Crippen molar-refractivity contribution >= 4 is 15.7 Å². The lowest BCUT2D eigenvalue weighted by molar-refractivity contribution is 0.351. The van der Waals surface area contributed by atoms with E-state index in [0.717, 1.165) is 0 Å². The molecule has 0 spiro atoms. The summed E-state index contributed by atoms with van der Waals surface area (Å²) in [6, 6.07) is 11.3. The summed E-state index contributed by atoms with van der Waals surface area (Å²) in [5.41, 5.74) is 6.75. The zero-order valence-corrected chi connectivity index (χ0v) is 13.2. The highest BCUT2D eigenvalue weighted by atomic mass is 32.2. The third-order valence-corrected chi connectivity index (χ3v) is 4.54. The Hall–Kier alpha value is -2.25. The van der Waals surface area contributed by atoms with E-state index in [-0.39, 0.29) is 11.4 Å². The topological polar surface area (TPSA) is 90.7 Å². The van der Waals surface area contributed by atoms with Crippen molar-refractivity contribution in [2.24, 2.45) is 0 Å². The van der Waals surface area contributed by atoms with Gasteiger partial charge in [0.15, 0.2) is 11.5 Å². The first kappa shape index (κ1) is 16.1. The molecule has 0 saturated carbocycles. The molecule has 7 heteroatoms. The van der Waals surface area contributed by atoms with Gasteiger partial charge in [-0.1, -0.05) is 12.1 Å². The smallest absolute Gasteiger partial charge is 0.240 e. The van der Waals surface area contributed by atoms with E-state index in [2.05, 4.69) is 4.72 Å². The van der Waals surface area contributed by atoms with E-state index in [0.29, 0.717) is 22.7 Å². The highest BCUT2D eigenvalue weighted by Crippen LogP contribution is 2.30. The summed E-state index contributed by atoms with van der Waals surface area (Å²) < 4.78 is 37.5. The van der Waals surface area contributed by atoms with Crippen molar-refractivity contribution in [3.63, 3.8) is 0 Å². The van der Waals surface area contributed by atoms with Crippen molar-refractivity contribution in [3.05, 3.63) is 48.0 Å². The monoisotopic (exact) mass is 322 g/mol. The summed E-state index contributed by atoms with van der Waals surface area (Å²) in [4.78, 5) is 0.156. The van der Waals surface area contributed by atoms with Gasteiger partial charge in [-0.2, -0.15) is 0 Å². The van der Waals surface area contributed by atoms with Gasteiger partial charge in [0.05, 0.1) is 19.1 Å². The van der Waals surface area contributed by atoms with Crippen LogP contribution in [0.3, 0.4) is 0 Å². The summed E-state index contributed by atoms with van der Waals surface area (Å²) in [7, 11) is -0.584. The van der Waals surface area contributed by atoms with Gasteiger partial charge in [-0.15, -0.1) is 0 Å². The second-order valence-electron chi connectivity index (χ2n) is 4.55. The Morgan fingerprint density at radius 2 is 1.73 bits per heavy atom. The maximum atomic E-state index is 12.2. The number of methoxy groups -OCH3 is 2. The normalized spacial score (nSPS) is 11.2. The van der Waals surface area contributed by atoms with Gasteiger partial charge in [-0.3, -0.25) is 0 Å². The van der Waals surface area contributed by atoms with Gasteiger partial charge in [0.2, 0.25) is 10.0 Å². The van der Waals surface area contributed by atoms with Crippen molar-refractivity contribution in [3.8, 4) is 11.5 Å². The van der Waals surface area contributed by atoms with Crippen molar-refractivity contribution in [1.29, 1.82) is 0 Å². The van der Waals surface area contributed by atoms with E-state index < -0.39 is 10.0 Å². The Morgan fingerprint density at radius 1 is 1.05 bits per heavy atom. The number of benzene rings is 2. The molecule has 0 radical (unpaired) electrons. The van der Waals surface area contributed by atoms with Crippen LogP contribution in [0.15, 0.2) is 47.4 Å². The third kappa shape index (κ3) is 3.49. The average molecular weight is 322 g/mol. The molecule has 0 aliphatic heterocycles. The van der Waals surface area contributed by atoms with Crippen LogP contribution in [0.2, 0.25) is 0 Å². The number of hydrogen-bond acceptors (Lipinski definition) is 5. The molecule has 0 saturated heterocycles. The number of nitrogen functional groups attached to an aromatic ring is 1. The molecule has 0 bridgehead atoms. The molecule has 2 aromatic carbocycles. The minimum Gasteiger partial charge on any atom is -0.493 e. The second-order valence-corrected chi connectivity index (χ2v) is 6.31. The lowest BCUT2D eigenvalue weighted by atomic mass is 10.2. The quantitative estimate of drug-likeness (QED) is 0.791. The van der Waals surface area contributed by atoms with Gasteiger partial charge >= 0.3 is 0 Å². The molecule has 0 aromatic heterocycles. The number of ether oxygens (including phenoxy) is 2. The van der Waals surface area contributed by atoms with Gasteiger partial charge in [0.1, 0.15) is 0 Å². The van der Waals surface area contributed by atoms with E-state index in [1.807, 2.05) is 0 Å². The fraction of sp³-hybridized carbons (Fsp3) is 0.200. The molecule has 2 aromatic rings. The van der Waals surface area contributed by atoms with Crippen LogP contribution < -0.4 is 19.9 Å². The zero-order chi connectivity index (χ0) is 16.2. The number of nitrogens with one attached hydrogen (secondary N) is 1. The first-order chi connectivity index (χ1) is 10.5. The Bertz CT molecular complexity index is 743. The fourth-order valence-corrected chi connectivity index (χ4v) is 3.00. The zero-order valence-electron chi connectivity index (χ0n) is 12.4. The molecule has 0 amide bonds. The molecule has 0 aliphatic carbocycles. The summed E-state index contributed by atoms with van der Waals surface area (Å²) in [6.07, 6.45) is 0. The Kier molecular flexibility index (Phi) is 4.89. The highest BCUT2D eigenvalue weighted by Gasteiger charge is 2.16. The molecule has 3 N–H and O–H groups in total. The fourth-order valence-electron chi connectivity index (χ4n) is 2.00. The number of para-hydroxylation sites is 1. The van der Waals surface area contributed by atoms with E-state index in [9.17, 15) is 8.42 Å². The van der Waals surface area contributed by atoms with Crippen LogP contribution in [0.1, 0.15) is 5.56 Å². The molecular formula is C15H18N2O4S. The minimum absolute atomic E-state index is 0.0904. The molecule has 0 heterocycles. The van der Waals surface area contributed by atoms with E-state index >= 15 is 0 Å². The molecular weight excluding hydrogens is 304 g/mol. The summed E-state index contributed by atoms with van der Waals surface area (Å²) in [5, 5.41) is 0. The lowest BCUT2D eigenvalue weighted by Gasteiger charge is -2.13. The molecule has 2 rings (SSSR count). The summed E-state index contributed by atoms with van der Waals surface area (Å²) in [5.74, 6) is 1.05. The van der Waals surface area contributed by atoms with Crippen LogP contribution in [-0.4, -0.2) is 22.6 Å². The van der Waals surface area contributed by atoms with Gasteiger partial charge in [-0.05, 0) is 30.3 Å². The number of anilines is 1. The number of rotatable bonds is 6. The van der Waals surface area contributed by atoms with E-state index in [1.165, 1.54) is 26.4 Å². The molecule has 0 aliphatic rings. The molecule has 118 valence electrons. The summed E-state index contributed by atoms with van der Waals surface area (Å²) >= 11 is 0. The standard InChI is InChI=1S/C15H18N2O4S/c1-20-14-5-3-4-11(15(14)21-2)10-17-22(18,19)13-8-6-12(16)7-9-13/h3-9,17H,10,16H2,1-2H3. The van der Waals surface area contributed by atoms with Gasteiger partial charge < -0.3 is 15.2 Å². The van der Waals surface area contributed by atoms with Crippen molar-refractivity contribution in [2.75, 3.05) is 20.0 Å². The van der Waals surface area contributed by atoms with Crippen molar-refractivity contribution < 1.29 is 17.9 Å². The number of nitrogens with two attached hydrogens (primary N) is 1. The highest BCUT2D eigenvalue weighted by molar-refractivity contribution is 7.89. The SMILES string of the molecule is COc1cccc(CNS(=O)(=O)c2ccc(N)cc2)c1OC. The van der Waals surface area contributed by atoms with E-state index in [1.54, 1.807) is 30.3 Å². The first-order valence-electron chi connectivity index (χ1n) is 6.53. The molecule has 0 fully saturated rings. The van der Waals surface area contributed by atoms with Gasteiger partial charge in [0.25, 0.3) is 0 Å². The largest absolute Gasteiger partial charge is 0.493 e. The predicted octanol–water partition coefficient (Wildman–Crippen LogP) is 1.76. The maximum absolute atomic E-state index is 12.2. The third-order valence-electron chi connectivity index (χ3n) is 3.13. The molecule has 0 atom stereocenters.